The summed E-state index contributed by atoms with van der Waals surface area (Å²) in [4.78, 5) is 8.25. The lowest BCUT2D eigenvalue weighted by Crippen LogP contribution is -2.12. The lowest BCUT2D eigenvalue weighted by molar-refractivity contribution is 1.05. The molecule has 94 valence electrons. The van der Waals surface area contributed by atoms with Crippen molar-refractivity contribution in [1.29, 1.82) is 0 Å². The topological polar surface area (TPSA) is 75.9 Å². The summed E-state index contributed by atoms with van der Waals surface area (Å²) in [5.41, 5.74) is 4.37. The lowest BCUT2D eigenvalue weighted by atomic mass is 10.2. The number of nitrogens with two attached hydrogens (primary N) is 1. The van der Waals surface area contributed by atoms with E-state index >= 15 is 0 Å². The van der Waals surface area contributed by atoms with Crippen LogP contribution >= 0.6 is 11.6 Å². The Bertz CT molecular complexity index is 544. The van der Waals surface area contributed by atoms with Crippen LogP contribution in [-0.4, -0.2) is 9.97 Å². The van der Waals surface area contributed by atoms with E-state index < -0.39 is 0 Å². The van der Waals surface area contributed by atoms with E-state index in [2.05, 4.69) is 20.7 Å². The van der Waals surface area contributed by atoms with Crippen molar-refractivity contribution in [2.75, 3.05) is 10.7 Å². The van der Waals surface area contributed by atoms with Crippen molar-refractivity contribution >= 4 is 23.4 Å². The molecule has 0 fully saturated rings. The second-order valence-corrected chi connectivity index (χ2v) is 4.22. The van der Waals surface area contributed by atoms with Crippen molar-refractivity contribution in [2.24, 2.45) is 5.84 Å². The van der Waals surface area contributed by atoms with Crippen LogP contribution < -0.4 is 16.6 Å². The van der Waals surface area contributed by atoms with Crippen LogP contribution in [0.3, 0.4) is 0 Å². The molecule has 6 heteroatoms. The molecule has 18 heavy (non-hydrogen) atoms. The minimum atomic E-state index is 0.377. The number of rotatable bonds is 4. The van der Waals surface area contributed by atoms with Gasteiger partial charge in [-0.2, -0.15) is 4.98 Å². The Kier molecular flexibility index (Phi) is 3.96. The van der Waals surface area contributed by atoms with Gasteiger partial charge in [-0.3, -0.25) is 5.43 Å². The van der Waals surface area contributed by atoms with Crippen molar-refractivity contribution in [1.82, 2.24) is 9.97 Å². The number of aryl methyl sites for hydroxylation is 1. The molecule has 0 amide bonds. The van der Waals surface area contributed by atoms with Crippen molar-refractivity contribution in [2.45, 2.75) is 13.5 Å². The number of hydrogen-bond acceptors (Lipinski definition) is 5. The maximum Gasteiger partial charge on any atom is 0.239 e. The van der Waals surface area contributed by atoms with E-state index in [9.17, 15) is 0 Å². The predicted molar refractivity (Wildman–Crippen MR) is 73.4 cm³/mol. The summed E-state index contributed by atoms with van der Waals surface area (Å²) in [6, 6.07) is 7.67. The summed E-state index contributed by atoms with van der Waals surface area (Å²) >= 11 is 6.08. The molecule has 5 nitrogen and oxygen atoms in total. The highest BCUT2D eigenvalue weighted by molar-refractivity contribution is 6.31. The molecule has 0 radical (unpaired) electrons. The minimum absolute atomic E-state index is 0.377. The van der Waals surface area contributed by atoms with E-state index in [1.54, 1.807) is 6.20 Å². The van der Waals surface area contributed by atoms with Crippen LogP contribution in [0, 0.1) is 6.92 Å². The third-order valence-electron chi connectivity index (χ3n) is 2.50. The monoisotopic (exact) mass is 263 g/mol. The maximum atomic E-state index is 6.08. The molecule has 2 aromatic rings. The standard InChI is InChI=1S/C12H14ClN5/c1-8-6-16-12(18-14)17-11(8)15-7-9-4-2-3-5-10(9)13/h2-6H,7,14H2,1H3,(H2,15,16,17,18). The minimum Gasteiger partial charge on any atom is -0.366 e. The Morgan fingerprint density at radius 3 is 2.83 bits per heavy atom. The fraction of sp³-hybridized carbons (Fsp3) is 0.167. The Balaban J connectivity index is 2.13. The van der Waals surface area contributed by atoms with E-state index in [1.807, 2.05) is 31.2 Å². The quantitative estimate of drug-likeness (QED) is 0.583. The first kappa shape index (κ1) is 12.6. The first-order chi connectivity index (χ1) is 8.70. The molecular weight excluding hydrogens is 250 g/mol. The van der Waals surface area contributed by atoms with Gasteiger partial charge in [0, 0.05) is 23.3 Å². The molecule has 0 spiro atoms. The third kappa shape index (κ3) is 2.88. The molecule has 1 aromatic heterocycles. The number of hydrogen-bond donors (Lipinski definition) is 3. The van der Waals surface area contributed by atoms with Gasteiger partial charge in [-0.15, -0.1) is 0 Å². The van der Waals surface area contributed by atoms with Gasteiger partial charge in [0.25, 0.3) is 0 Å². The van der Waals surface area contributed by atoms with Crippen LogP contribution in [-0.2, 0) is 6.54 Å². The molecule has 0 unspecified atom stereocenters. The predicted octanol–water partition coefficient (Wildman–Crippen LogP) is 2.34. The third-order valence-corrected chi connectivity index (χ3v) is 2.87. The van der Waals surface area contributed by atoms with Gasteiger partial charge in [0.15, 0.2) is 0 Å². The Hall–Kier alpha value is -1.85. The van der Waals surface area contributed by atoms with E-state index in [1.165, 1.54) is 0 Å². The van der Waals surface area contributed by atoms with Crippen LogP contribution in [0.15, 0.2) is 30.5 Å². The number of anilines is 2. The van der Waals surface area contributed by atoms with E-state index in [-0.39, 0.29) is 0 Å². The fourth-order valence-electron chi connectivity index (χ4n) is 1.51. The van der Waals surface area contributed by atoms with E-state index in [0.717, 1.165) is 22.0 Å². The normalized spacial score (nSPS) is 10.2. The van der Waals surface area contributed by atoms with Crippen molar-refractivity contribution in [3.05, 3.63) is 46.6 Å². The largest absolute Gasteiger partial charge is 0.366 e. The van der Waals surface area contributed by atoms with Crippen molar-refractivity contribution in [3.63, 3.8) is 0 Å². The smallest absolute Gasteiger partial charge is 0.239 e. The Morgan fingerprint density at radius 2 is 2.11 bits per heavy atom. The molecule has 0 saturated heterocycles. The zero-order valence-corrected chi connectivity index (χ0v) is 10.7. The number of benzene rings is 1. The number of nitrogen functional groups attached to an aromatic ring is 1. The highest BCUT2D eigenvalue weighted by Crippen LogP contribution is 2.18. The first-order valence-corrected chi connectivity index (χ1v) is 5.86. The van der Waals surface area contributed by atoms with E-state index in [0.29, 0.717) is 12.5 Å². The zero-order valence-electron chi connectivity index (χ0n) is 9.94. The van der Waals surface area contributed by atoms with Crippen LogP contribution in [0.1, 0.15) is 11.1 Å². The highest BCUT2D eigenvalue weighted by Gasteiger charge is 2.04. The number of hydrazine groups is 1. The van der Waals surface area contributed by atoms with Crippen molar-refractivity contribution < 1.29 is 0 Å². The molecule has 0 atom stereocenters. The average molecular weight is 264 g/mol. The number of nitrogens with zero attached hydrogens (tertiary/aromatic N) is 2. The van der Waals surface area contributed by atoms with Crippen LogP contribution in [0.5, 0.6) is 0 Å². The SMILES string of the molecule is Cc1cnc(NN)nc1NCc1ccccc1Cl. The molecule has 0 saturated carbocycles. The van der Waals surface area contributed by atoms with Crippen LogP contribution in [0.4, 0.5) is 11.8 Å². The lowest BCUT2D eigenvalue weighted by Gasteiger charge is -2.10. The molecule has 1 heterocycles. The van der Waals surface area contributed by atoms with Crippen molar-refractivity contribution in [3.8, 4) is 0 Å². The van der Waals surface area contributed by atoms with Gasteiger partial charge in [-0.1, -0.05) is 29.8 Å². The number of halogens is 1. The molecule has 0 aliphatic rings. The van der Waals surface area contributed by atoms with Gasteiger partial charge in [0.2, 0.25) is 5.95 Å². The van der Waals surface area contributed by atoms with Gasteiger partial charge in [0.05, 0.1) is 0 Å². The molecule has 4 N–H and O–H groups in total. The van der Waals surface area contributed by atoms with Gasteiger partial charge < -0.3 is 5.32 Å². The molecule has 0 bridgehead atoms. The number of nitrogens with one attached hydrogen (secondary N) is 2. The summed E-state index contributed by atoms with van der Waals surface area (Å²) in [6.07, 6.45) is 1.71. The van der Waals surface area contributed by atoms with Gasteiger partial charge in [-0.05, 0) is 18.6 Å². The summed E-state index contributed by atoms with van der Waals surface area (Å²) in [5, 5.41) is 3.94. The molecular formula is C12H14ClN5. The zero-order chi connectivity index (χ0) is 13.0. The number of aromatic nitrogens is 2. The van der Waals surface area contributed by atoms with Gasteiger partial charge in [-0.25, -0.2) is 10.8 Å². The molecule has 2 rings (SSSR count). The molecule has 1 aromatic carbocycles. The summed E-state index contributed by atoms with van der Waals surface area (Å²) in [5.74, 6) is 6.39. The van der Waals surface area contributed by atoms with Gasteiger partial charge in [0.1, 0.15) is 5.82 Å². The summed E-state index contributed by atoms with van der Waals surface area (Å²) < 4.78 is 0. The second kappa shape index (κ2) is 5.66. The summed E-state index contributed by atoms with van der Waals surface area (Å²) in [7, 11) is 0. The first-order valence-electron chi connectivity index (χ1n) is 5.48. The second-order valence-electron chi connectivity index (χ2n) is 3.81. The average Bonchev–Trinajstić information content (AvgIpc) is 2.39. The molecule has 0 aliphatic heterocycles. The van der Waals surface area contributed by atoms with Gasteiger partial charge >= 0.3 is 0 Å². The Labute approximate surface area is 110 Å². The highest BCUT2D eigenvalue weighted by atomic mass is 35.5. The van der Waals surface area contributed by atoms with Crippen LogP contribution in [0.25, 0.3) is 0 Å². The fourth-order valence-corrected chi connectivity index (χ4v) is 1.71. The van der Waals surface area contributed by atoms with Crippen LogP contribution in [0.2, 0.25) is 5.02 Å². The maximum absolute atomic E-state index is 6.08. The van der Waals surface area contributed by atoms with E-state index in [4.69, 9.17) is 17.4 Å². The summed E-state index contributed by atoms with van der Waals surface area (Å²) in [6.45, 7) is 2.52. The Morgan fingerprint density at radius 1 is 1.33 bits per heavy atom. The molecule has 0 aliphatic carbocycles.